The molecule has 6 rings (SSSR count). The average Bonchev–Trinajstić information content (AvgIpc) is 3.83. The number of piperazine rings is 1. The zero-order valence-electron chi connectivity index (χ0n) is 21.8. The van der Waals surface area contributed by atoms with E-state index < -0.39 is 20.0 Å². The van der Waals surface area contributed by atoms with Crippen molar-refractivity contribution in [3.8, 4) is 16.9 Å². The number of benzene rings is 2. The smallest absolute Gasteiger partial charge is 0.243 e. The highest BCUT2D eigenvalue weighted by atomic mass is 32.2. The van der Waals surface area contributed by atoms with Crippen molar-refractivity contribution in [1.82, 2.24) is 19.3 Å². The van der Waals surface area contributed by atoms with Crippen LogP contribution in [-0.4, -0.2) is 74.6 Å². The Morgan fingerprint density at radius 2 is 1.60 bits per heavy atom. The molecule has 0 unspecified atom stereocenters. The maximum absolute atomic E-state index is 13.1. The average molecular weight is 581 g/mol. The van der Waals surface area contributed by atoms with Crippen LogP contribution in [0.15, 0.2) is 72.0 Å². The van der Waals surface area contributed by atoms with Crippen LogP contribution in [0, 0.1) is 0 Å². The number of anilines is 2. The second-order valence-electron chi connectivity index (χ2n) is 9.81. The number of nitrogens with zero attached hydrogens (tertiary/aromatic N) is 5. The van der Waals surface area contributed by atoms with Crippen molar-refractivity contribution >= 4 is 42.6 Å². The summed E-state index contributed by atoms with van der Waals surface area (Å²) in [6.45, 7) is 1.59. The van der Waals surface area contributed by atoms with Crippen LogP contribution in [0.1, 0.15) is 12.8 Å². The number of methoxy groups -OCH3 is 1. The number of rotatable bonds is 8. The van der Waals surface area contributed by atoms with Gasteiger partial charge in [0.15, 0.2) is 0 Å². The molecule has 208 valence electrons. The molecule has 0 spiro atoms. The van der Waals surface area contributed by atoms with Gasteiger partial charge in [-0.25, -0.2) is 21.8 Å². The predicted molar refractivity (Wildman–Crippen MR) is 152 cm³/mol. The summed E-state index contributed by atoms with van der Waals surface area (Å²) in [4.78, 5) is 15.9. The minimum absolute atomic E-state index is 0.235. The molecular weight excluding hydrogens is 552 g/mol. The van der Waals surface area contributed by atoms with Crippen molar-refractivity contribution in [3.63, 3.8) is 0 Å². The molecule has 0 bridgehead atoms. The minimum Gasteiger partial charge on any atom is -0.497 e. The van der Waals surface area contributed by atoms with E-state index in [0.29, 0.717) is 67.3 Å². The Balaban J connectivity index is 1.18. The molecule has 1 N–H and O–H groups in total. The first-order valence-electron chi connectivity index (χ1n) is 12.9. The topological polar surface area (TPSA) is 135 Å². The highest BCUT2D eigenvalue weighted by Crippen LogP contribution is 2.31. The zero-order chi connectivity index (χ0) is 27.9. The number of sulfonamides is 2. The maximum atomic E-state index is 13.1. The van der Waals surface area contributed by atoms with Gasteiger partial charge in [-0.05, 0) is 60.9 Å². The Hall–Kier alpha value is -3.81. The summed E-state index contributed by atoms with van der Waals surface area (Å²) in [5.41, 5.74) is 3.39. The van der Waals surface area contributed by atoms with E-state index in [4.69, 9.17) is 9.72 Å². The van der Waals surface area contributed by atoms with Crippen LogP contribution in [0.3, 0.4) is 0 Å². The highest BCUT2D eigenvalue weighted by Gasteiger charge is 2.35. The van der Waals surface area contributed by atoms with E-state index in [1.54, 1.807) is 42.7 Å². The molecule has 0 radical (unpaired) electrons. The summed E-state index contributed by atoms with van der Waals surface area (Å²) in [5, 5.41) is -0.324. The molecule has 2 aromatic carbocycles. The number of pyridine rings is 1. The fourth-order valence-corrected chi connectivity index (χ4v) is 7.45. The standard InChI is InChI=1S/C27H28N6O5S2/c1-38-22-3-5-24(6-4-22)40(36,37)33-12-10-32(11-13-33)27-18-29-25-9-2-19(15-26(25)30-27)20-14-21(17-28-16-20)31-39(34,35)23-7-8-23/h2-6,9,14-18,23,31H,7-8,10-13H2,1H3. The van der Waals surface area contributed by atoms with E-state index in [9.17, 15) is 16.8 Å². The lowest BCUT2D eigenvalue weighted by molar-refractivity contribution is 0.383. The molecule has 13 heteroatoms. The van der Waals surface area contributed by atoms with Gasteiger partial charge in [-0.3, -0.25) is 14.7 Å². The fourth-order valence-electron chi connectivity index (χ4n) is 4.67. The van der Waals surface area contributed by atoms with Gasteiger partial charge in [0.2, 0.25) is 20.0 Å². The van der Waals surface area contributed by atoms with Gasteiger partial charge in [-0.2, -0.15) is 4.31 Å². The second-order valence-corrected chi connectivity index (χ2v) is 13.7. The molecule has 11 nitrogen and oxygen atoms in total. The summed E-state index contributed by atoms with van der Waals surface area (Å²) in [7, 11) is -5.46. The van der Waals surface area contributed by atoms with E-state index in [0.717, 1.165) is 11.1 Å². The summed E-state index contributed by atoms with van der Waals surface area (Å²) in [6.07, 6.45) is 6.24. The molecule has 1 saturated carbocycles. The Morgan fingerprint density at radius 3 is 2.30 bits per heavy atom. The van der Waals surface area contributed by atoms with Gasteiger partial charge in [-0.1, -0.05) is 6.07 Å². The number of fused-ring (bicyclic) bond motifs is 1. The third-order valence-electron chi connectivity index (χ3n) is 7.08. The third kappa shape index (κ3) is 5.31. The largest absolute Gasteiger partial charge is 0.497 e. The Kier molecular flexibility index (Phi) is 6.80. The molecule has 2 fully saturated rings. The normalized spacial score (nSPS) is 16.7. The molecule has 2 aliphatic rings. The molecule has 4 aromatic rings. The SMILES string of the molecule is COc1ccc(S(=O)(=O)N2CCN(c3cnc4ccc(-c5cncc(NS(=O)(=O)C6CC6)c5)cc4n3)CC2)cc1. The number of hydrogen-bond acceptors (Lipinski definition) is 9. The van der Waals surface area contributed by atoms with Crippen LogP contribution in [0.4, 0.5) is 11.5 Å². The Morgan fingerprint density at radius 1 is 0.850 bits per heavy atom. The predicted octanol–water partition coefficient (Wildman–Crippen LogP) is 3.12. The van der Waals surface area contributed by atoms with E-state index in [2.05, 4.69) is 14.7 Å². The van der Waals surface area contributed by atoms with Crippen molar-refractivity contribution in [1.29, 1.82) is 0 Å². The van der Waals surface area contributed by atoms with Crippen LogP contribution >= 0.6 is 0 Å². The lowest BCUT2D eigenvalue weighted by Crippen LogP contribution is -2.48. The molecule has 3 heterocycles. The third-order valence-corrected chi connectivity index (χ3v) is 10.9. The maximum Gasteiger partial charge on any atom is 0.243 e. The van der Waals surface area contributed by atoms with Crippen LogP contribution < -0.4 is 14.4 Å². The number of ether oxygens (including phenoxy) is 1. The first-order valence-corrected chi connectivity index (χ1v) is 15.8. The van der Waals surface area contributed by atoms with Crippen LogP contribution in [0.25, 0.3) is 22.2 Å². The van der Waals surface area contributed by atoms with E-state index in [1.807, 2.05) is 23.1 Å². The van der Waals surface area contributed by atoms with Crippen LogP contribution in [0.2, 0.25) is 0 Å². The van der Waals surface area contributed by atoms with Crippen LogP contribution in [-0.2, 0) is 20.0 Å². The van der Waals surface area contributed by atoms with Crippen molar-refractivity contribution in [2.45, 2.75) is 23.0 Å². The van der Waals surface area contributed by atoms with E-state index >= 15 is 0 Å². The van der Waals surface area contributed by atoms with Gasteiger partial charge in [-0.15, -0.1) is 0 Å². The quantitative estimate of drug-likeness (QED) is 0.334. The van der Waals surface area contributed by atoms with Crippen molar-refractivity contribution in [2.24, 2.45) is 0 Å². The Labute approximate surface area is 232 Å². The van der Waals surface area contributed by atoms with Gasteiger partial charge in [0.25, 0.3) is 0 Å². The van der Waals surface area contributed by atoms with Crippen LogP contribution in [0.5, 0.6) is 5.75 Å². The molecule has 0 amide bonds. The van der Waals surface area contributed by atoms with Gasteiger partial charge in [0, 0.05) is 37.9 Å². The first kappa shape index (κ1) is 26.4. The number of nitrogens with one attached hydrogen (secondary N) is 1. The van der Waals surface area contributed by atoms with Crippen molar-refractivity contribution in [3.05, 3.63) is 67.1 Å². The fraction of sp³-hybridized carbons (Fsp3) is 0.296. The number of aromatic nitrogens is 3. The van der Waals surface area contributed by atoms with Gasteiger partial charge >= 0.3 is 0 Å². The van der Waals surface area contributed by atoms with Gasteiger partial charge in [0.05, 0.1) is 46.4 Å². The monoisotopic (exact) mass is 580 g/mol. The molecule has 1 aliphatic heterocycles. The molecule has 1 saturated heterocycles. The van der Waals surface area contributed by atoms with Crippen molar-refractivity contribution < 1.29 is 21.6 Å². The molecule has 1 aliphatic carbocycles. The molecule has 2 aromatic heterocycles. The number of hydrogen-bond donors (Lipinski definition) is 1. The Bertz CT molecular complexity index is 1770. The molecular formula is C27H28N6O5S2. The first-order chi connectivity index (χ1) is 19.2. The zero-order valence-corrected chi connectivity index (χ0v) is 23.4. The lowest BCUT2D eigenvalue weighted by Gasteiger charge is -2.34. The molecule has 0 atom stereocenters. The van der Waals surface area contributed by atoms with E-state index in [1.165, 1.54) is 17.6 Å². The minimum atomic E-state index is -3.61. The summed E-state index contributed by atoms with van der Waals surface area (Å²) in [5.74, 6) is 1.26. The van der Waals surface area contributed by atoms with E-state index in [-0.39, 0.29) is 10.1 Å². The van der Waals surface area contributed by atoms with Gasteiger partial charge in [0.1, 0.15) is 11.6 Å². The van der Waals surface area contributed by atoms with Gasteiger partial charge < -0.3 is 9.64 Å². The summed E-state index contributed by atoms with van der Waals surface area (Å²) >= 11 is 0. The summed E-state index contributed by atoms with van der Waals surface area (Å²) < 4.78 is 60.1. The highest BCUT2D eigenvalue weighted by molar-refractivity contribution is 7.93. The second kappa shape index (κ2) is 10.3. The summed E-state index contributed by atoms with van der Waals surface area (Å²) in [6, 6.07) is 13.8. The van der Waals surface area contributed by atoms with Crippen molar-refractivity contribution in [2.75, 3.05) is 42.9 Å². The lowest BCUT2D eigenvalue weighted by atomic mass is 10.1. The molecule has 40 heavy (non-hydrogen) atoms.